The minimum absolute atomic E-state index is 0.0826. The van der Waals surface area contributed by atoms with E-state index in [0.717, 1.165) is 24.4 Å². The van der Waals surface area contributed by atoms with E-state index in [-0.39, 0.29) is 11.3 Å². The Morgan fingerprint density at radius 3 is 2.43 bits per heavy atom. The summed E-state index contributed by atoms with van der Waals surface area (Å²) in [4.78, 5) is 14.2. The minimum atomic E-state index is 0.0826. The van der Waals surface area contributed by atoms with Gasteiger partial charge in [0, 0.05) is 32.3 Å². The van der Waals surface area contributed by atoms with Crippen LogP contribution in [0.25, 0.3) is 0 Å². The van der Waals surface area contributed by atoms with Crippen LogP contribution in [0, 0.1) is 19.3 Å². The molecule has 0 aliphatic carbocycles. The first-order valence-corrected chi connectivity index (χ1v) is 7.53. The molecule has 1 amide bonds. The van der Waals surface area contributed by atoms with E-state index in [1.165, 1.54) is 5.56 Å². The fourth-order valence-corrected chi connectivity index (χ4v) is 2.76. The molecule has 0 saturated carbocycles. The van der Waals surface area contributed by atoms with E-state index in [1.807, 2.05) is 25.6 Å². The third-order valence-corrected chi connectivity index (χ3v) is 3.77. The first-order chi connectivity index (χ1) is 9.62. The molecule has 0 unspecified atom stereocenters. The van der Waals surface area contributed by atoms with Gasteiger partial charge in [0.25, 0.3) is 0 Å². The van der Waals surface area contributed by atoms with Gasteiger partial charge in [-0.25, -0.2) is 0 Å². The molecular formula is C16H30N4O. The predicted octanol–water partition coefficient (Wildman–Crippen LogP) is 1.67. The topological polar surface area (TPSA) is 50.2 Å². The van der Waals surface area contributed by atoms with Crippen LogP contribution < -0.4 is 5.32 Å². The van der Waals surface area contributed by atoms with Crippen molar-refractivity contribution >= 4 is 5.91 Å². The van der Waals surface area contributed by atoms with Gasteiger partial charge in [0.2, 0.25) is 5.91 Å². The van der Waals surface area contributed by atoms with Gasteiger partial charge in [0.05, 0.1) is 5.69 Å². The zero-order valence-electron chi connectivity index (χ0n) is 14.6. The van der Waals surface area contributed by atoms with E-state index in [1.54, 1.807) is 0 Å². The Morgan fingerprint density at radius 1 is 1.33 bits per heavy atom. The van der Waals surface area contributed by atoms with Crippen LogP contribution in [0.4, 0.5) is 0 Å². The van der Waals surface area contributed by atoms with Gasteiger partial charge in [-0.2, -0.15) is 5.10 Å². The van der Waals surface area contributed by atoms with Gasteiger partial charge in [-0.15, -0.1) is 0 Å². The van der Waals surface area contributed by atoms with Gasteiger partial charge in [-0.3, -0.25) is 9.48 Å². The highest BCUT2D eigenvalue weighted by molar-refractivity contribution is 5.76. The van der Waals surface area contributed by atoms with E-state index < -0.39 is 0 Å². The van der Waals surface area contributed by atoms with Crippen molar-refractivity contribution in [1.29, 1.82) is 0 Å². The molecule has 0 atom stereocenters. The average molecular weight is 294 g/mol. The van der Waals surface area contributed by atoms with Crippen molar-refractivity contribution < 1.29 is 4.79 Å². The highest BCUT2D eigenvalue weighted by atomic mass is 16.1. The lowest BCUT2D eigenvalue weighted by atomic mass is 9.93. The number of hydrogen-bond donors (Lipinski definition) is 1. The normalized spacial score (nSPS) is 12.0. The first-order valence-electron chi connectivity index (χ1n) is 7.53. The van der Waals surface area contributed by atoms with Crippen LogP contribution in [0.1, 0.15) is 37.2 Å². The van der Waals surface area contributed by atoms with Crippen molar-refractivity contribution in [2.75, 3.05) is 27.2 Å². The summed E-state index contributed by atoms with van der Waals surface area (Å²) in [5, 5.41) is 7.44. The Bertz CT molecular complexity index is 489. The quantitative estimate of drug-likeness (QED) is 0.832. The van der Waals surface area contributed by atoms with Crippen LogP contribution in [0.5, 0.6) is 0 Å². The molecule has 0 bridgehead atoms. The van der Waals surface area contributed by atoms with E-state index in [9.17, 15) is 4.79 Å². The summed E-state index contributed by atoms with van der Waals surface area (Å²) in [6.07, 6.45) is 1.27. The highest BCUT2D eigenvalue weighted by Gasteiger charge is 2.20. The van der Waals surface area contributed by atoms with Crippen molar-refractivity contribution in [3.8, 4) is 0 Å². The van der Waals surface area contributed by atoms with E-state index in [2.05, 4.69) is 43.3 Å². The Labute approximate surface area is 128 Å². The lowest BCUT2D eigenvalue weighted by Crippen LogP contribution is -2.40. The van der Waals surface area contributed by atoms with Crippen LogP contribution >= 0.6 is 0 Å². The molecule has 5 nitrogen and oxygen atoms in total. The molecule has 0 aromatic carbocycles. The Hall–Kier alpha value is -1.36. The molecule has 1 rings (SSSR count). The summed E-state index contributed by atoms with van der Waals surface area (Å²) in [6.45, 7) is 10.0. The summed E-state index contributed by atoms with van der Waals surface area (Å²) in [6, 6.07) is 0. The van der Waals surface area contributed by atoms with E-state index in [4.69, 9.17) is 0 Å². The third-order valence-electron chi connectivity index (χ3n) is 3.77. The third kappa shape index (κ3) is 5.50. The van der Waals surface area contributed by atoms with Gasteiger partial charge < -0.3 is 10.2 Å². The van der Waals surface area contributed by atoms with Gasteiger partial charge in [-0.05, 0) is 45.3 Å². The van der Waals surface area contributed by atoms with E-state index in [0.29, 0.717) is 13.0 Å². The van der Waals surface area contributed by atoms with Crippen molar-refractivity contribution in [1.82, 2.24) is 20.0 Å². The molecule has 21 heavy (non-hydrogen) atoms. The molecule has 0 radical (unpaired) electrons. The second kappa shape index (κ2) is 7.07. The van der Waals surface area contributed by atoms with Gasteiger partial charge in [-0.1, -0.05) is 13.8 Å². The van der Waals surface area contributed by atoms with Crippen LogP contribution in [0.15, 0.2) is 0 Å². The smallest absolute Gasteiger partial charge is 0.220 e. The average Bonchev–Trinajstić information content (AvgIpc) is 2.57. The summed E-state index contributed by atoms with van der Waals surface area (Å²) in [5.74, 6) is 0.115. The maximum absolute atomic E-state index is 12.0. The molecule has 0 aliphatic rings. The largest absolute Gasteiger partial charge is 0.356 e. The Balaban J connectivity index is 2.44. The molecule has 0 spiro atoms. The number of hydrogen-bond acceptors (Lipinski definition) is 3. The molecule has 0 aliphatic heterocycles. The summed E-state index contributed by atoms with van der Waals surface area (Å²) in [7, 11) is 6.05. The monoisotopic (exact) mass is 294 g/mol. The van der Waals surface area contributed by atoms with Crippen LogP contribution in [-0.4, -0.2) is 47.8 Å². The lowest BCUT2D eigenvalue weighted by Gasteiger charge is -2.28. The Kier molecular flexibility index (Phi) is 5.96. The molecule has 0 fully saturated rings. The maximum atomic E-state index is 12.0. The molecule has 0 saturated heterocycles. The SMILES string of the molecule is Cc1nn(C)c(C)c1CCC(=O)NCC(C)(C)CN(C)C. The van der Waals surface area contributed by atoms with Crippen molar-refractivity contribution in [3.05, 3.63) is 17.0 Å². The molecule has 5 heteroatoms. The number of aromatic nitrogens is 2. The second-order valence-corrected chi connectivity index (χ2v) is 6.95. The van der Waals surface area contributed by atoms with Crippen LogP contribution in [0.3, 0.4) is 0 Å². The standard InChI is InChI=1S/C16H30N4O/c1-12-14(13(2)20(7)18-12)8-9-15(21)17-10-16(3,4)11-19(5)6/h8-11H2,1-7H3,(H,17,21). The van der Waals surface area contributed by atoms with Gasteiger partial charge in [0.15, 0.2) is 0 Å². The second-order valence-electron chi connectivity index (χ2n) is 6.95. The lowest BCUT2D eigenvalue weighted by molar-refractivity contribution is -0.121. The number of nitrogens with zero attached hydrogens (tertiary/aromatic N) is 3. The van der Waals surface area contributed by atoms with E-state index >= 15 is 0 Å². The van der Waals surface area contributed by atoms with Crippen molar-refractivity contribution in [2.45, 2.75) is 40.5 Å². The number of nitrogens with one attached hydrogen (secondary N) is 1. The molecular weight excluding hydrogens is 264 g/mol. The number of carbonyl (C=O) groups is 1. The molecule has 1 aromatic rings. The first kappa shape index (κ1) is 17.7. The molecule has 1 heterocycles. The number of aryl methyl sites for hydroxylation is 2. The zero-order valence-corrected chi connectivity index (χ0v) is 14.6. The summed E-state index contributed by atoms with van der Waals surface area (Å²) in [5.41, 5.74) is 3.45. The van der Waals surface area contributed by atoms with Gasteiger partial charge >= 0.3 is 0 Å². The molecule has 1 aromatic heterocycles. The van der Waals surface area contributed by atoms with Crippen molar-refractivity contribution in [3.63, 3.8) is 0 Å². The summed E-state index contributed by atoms with van der Waals surface area (Å²) >= 11 is 0. The van der Waals surface area contributed by atoms with Crippen LogP contribution in [-0.2, 0) is 18.3 Å². The highest BCUT2D eigenvalue weighted by Crippen LogP contribution is 2.16. The predicted molar refractivity (Wildman–Crippen MR) is 86.3 cm³/mol. The fourth-order valence-electron chi connectivity index (χ4n) is 2.76. The zero-order chi connectivity index (χ0) is 16.2. The number of rotatable bonds is 7. The number of amides is 1. The van der Waals surface area contributed by atoms with Gasteiger partial charge in [0.1, 0.15) is 0 Å². The number of carbonyl (C=O) groups excluding carboxylic acids is 1. The summed E-state index contributed by atoms with van der Waals surface area (Å²) < 4.78 is 1.88. The molecule has 120 valence electrons. The van der Waals surface area contributed by atoms with Crippen molar-refractivity contribution in [2.24, 2.45) is 12.5 Å². The minimum Gasteiger partial charge on any atom is -0.356 e. The fraction of sp³-hybridized carbons (Fsp3) is 0.750. The Morgan fingerprint density at radius 2 is 1.95 bits per heavy atom. The molecule has 1 N–H and O–H groups in total. The van der Waals surface area contributed by atoms with Crippen LogP contribution in [0.2, 0.25) is 0 Å². The maximum Gasteiger partial charge on any atom is 0.220 e.